The largest absolute Gasteiger partial charge is 0.401 e. The van der Waals surface area contributed by atoms with E-state index in [9.17, 15) is 26.4 Å². The number of hydrogen-bond acceptors (Lipinski definition) is 4. The molecular formula is C7H14F3N3O3S. The minimum Gasteiger partial charge on any atom is -0.354 e. The van der Waals surface area contributed by atoms with Crippen LogP contribution in [0, 0.1) is 0 Å². The maximum atomic E-state index is 11.7. The van der Waals surface area contributed by atoms with Crippen LogP contribution in [0.1, 0.15) is 0 Å². The van der Waals surface area contributed by atoms with Crippen molar-refractivity contribution in [2.24, 2.45) is 0 Å². The van der Waals surface area contributed by atoms with Crippen LogP contribution in [0.25, 0.3) is 0 Å². The number of carbonyl (C=O) groups is 1. The quantitative estimate of drug-likeness (QED) is 0.546. The van der Waals surface area contributed by atoms with Gasteiger partial charge in [0.15, 0.2) is 0 Å². The maximum absolute atomic E-state index is 11.7. The molecule has 0 spiro atoms. The predicted molar refractivity (Wildman–Crippen MR) is 54.8 cm³/mol. The minimum atomic E-state index is -4.38. The topological polar surface area (TPSA) is 87.3 Å². The number of amides is 1. The molecule has 3 N–H and O–H groups in total. The molecule has 17 heavy (non-hydrogen) atoms. The molecule has 10 heteroatoms. The summed E-state index contributed by atoms with van der Waals surface area (Å²) in [5.41, 5.74) is 0. The van der Waals surface area contributed by atoms with E-state index in [0.717, 1.165) is 0 Å². The van der Waals surface area contributed by atoms with E-state index in [4.69, 9.17) is 0 Å². The summed E-state index contributed by atoms with van der Waals surface area (Å²) in [6.45, 7) is -1.94. The predicted octanol–water partition coefficient (Wildman–Crippen LogP) is -1.20. The summed E-state index contributed by atoms with van der Waals surface area (Å²) in [5.74, 6) is -1.02. The summed E-state index contributed by atoms with van der Waals surface area (Å²) in [6, 6.07) is 0. The molecule has 0 aliphatic heterocycles. The van der Waals surface area contributed by atoms with Gasteiger partial charge in [0, 0.05) is 6.54 Å². The van der Waals surface area contributed by atoms with Crippen molar-refractivity contribution in [1.82, 2.24) is 15.4 Å². The van der Waals surface area contributed by atoms with Gasteiger partial charge in [0.1, 0.15) is 0 Å². The molecule has 0 aliphatic carbocycles. The van der Waals surface area contributed by atoms with Crippen molar-refractivity contribution in [3.8, 4) is 0 Å². The van der Waals surface area contributed by atoms with E-state index in [1.807, 2.05) is 10.0 Å². The van der Waals surface area contributed by atoms with Crippen LogP contribution in [0.3, 0.4) is 0 Å². The first kappa shape index (κ1) is 16.1. The highest BCUT2D eigenvalue weighted by molar-refractivity contribution is 7.89. The Hall–Kier alpha value is -0.870. The van der Waals surface area contributed by atoms with Crippen LogP contribution in [-0.4, -0.2) is 52.9 Å². The average Bonchev–Trinajstić information content (AvgIpc) is 2.15. The second-order valence-corrected chi connectivity index (χ2v) is 5.14. The third-order valence-electron chi connectivity index (χ3n) is 1.61. The normalized spacial score (nSPS) is 12.5. The van der Waals surface area contributed by atoms with E-state index in [1.165, 1.54) is 7.05 Å². The summed E-state index contributed by atoms with van der Waals surface area (Å²) >= 11 is 0. The summed E-state index contributed by atoms with van der Waals surface area (Å²) in [5, 5.41) is 4.06. The van der Waals surface area contributed by atoms with Gasteiger partial charge in [-0.2, -0.15) is 13.2 Å². The van der Waals surface area contributed by atoms with Gasteiger partial charge in [-0.05, 0) is 7.05 Å². The zero-order valence-electron chi connectivity index (χ0n) is 9.10. The summed E-state index contributed by atoms with van der Waals surface area (Å²) in [4.78, 5) is 10.9. The van der Waals surface area contributed by atoms with Crippen LogP contribution in [0.4, 0.5) is 13.2 Å². The number of nitrogens with one attached hydrogen (secondary N) is 3. The van der Waals surface area contributed by atoms with Crippen molar-refractivity contribution in [3.05, 3.63) is 0 Å². The van der Waals surface area contributed by atoms with Crippen molar-refractivity contribution in [2.75, 3.05) is 32.4 Å². The standard InChI is InChI=1S/C7H14F3N3O3S/c1-11-17(15,16)3-2-13-6(14)4-12-5-7(8,9)10/h11-12H,2-5H2,1H3,(H,13,14). The van der Waals surface area contributed by atoms with Crippen LogP contribution in [0.2, 0.25) is 0 Å². The Labute approximate surface area is 97.0 Å². The van der Waals surface area contributed by atoms with Crippen molar-refractivity contribution >= 4 is 15.9 Å². The van der Waals surface area contributed by atoms with Gasteiger partial charge in [-0.15, -0.1) is 0 Å². The molecule has 0 aliphatic rings. The van der Waals surface area contributed by atoms with Crippen LogP contribution >= 0.6 is 0 Å². The van der Waals surface area contributed by atoms with Crippen LogP contribution in [-0.2, 0) is 14.8 Å². The van der Waals surface area contributed by atoms with Gasteiger partial charge in [0.25, 0.3) is 0 Å². The Bertz CT molecular complexity index is 342. The fourth-order valence-corrected chi connectivity index (χ4v) is 1.38. The zero-order chi connectivity index (χ0) is 13.5. The lowest BCUT2D eigenvalue weighted by atomic mass is 10.5. The Kier molecular flexibility index (Phi) is 6.42. The van der Waals surface area contributed by atoms with E-state index in [0.29, 0.717) is 0 Å². The molecule has 6 nitrogen and oxygen atoms in total. The van der Waals surface area contributed by atoms with Gasteiger partial charge in [-0.25, -0.2) is 13.1 Å². The van der Waals surface area contributed by atoms with Gasteiger partial charge in [0.2, 0.25) is 15.9 Å². The highest BCUT2D eigenvalue weighted by Crippen LogP contribution is 2.11. The second-order valence-electron chi connectivity index (χ2n) is 3.09. The van der Waals surface area contributed by atoms with Crippen LogP contribution < -0.4 is 15.4 Å². The molecule has 0 radical (unpaired) electrons. The first-order valence-corrected chi connectivity index (χ1v) is 6.27. The second kappa shape index (κ2) is 6.77. The third kappa shape index (κ3) is 10.0. The van der Waals surface area contributed by atoms with Gasteiger partial charge in [-0.1, -0.05) is 0 Å². The zero-order valence-corrected chi connectivity index (χ0v) is 9.91. The first-order chi connectivity index (χ1) is 7.66. The fourth-order valence-electron chi connectivity index (χ4n) is 0.807. The number of hydrogen-bond donors (Lipinski definition) is 3. The average molecular weight is 277 g/mol. The molecule has 0 heterocycles. The molecule has 0 atom stereocenters. The fraction of sp³-hybridized carbons (Fsp3) is 0.857. The molecule has 0 fully saturated rings. The number of halogens is 3. The van der Waals surface area contributed by atoms with Gasteiger partial charge in [0.05, 0.1) is 18.8 Å². The highest BCUT2D eigenvalue weighted by Gasteiger charge is 2.26. The molecular weight excluding hydrogens is 263 g/mol. The molecule has 0 saturated heterocycles. The Morgan fingerprint density at radius 2 is 1.88 bits per heavy atom. The number of rotatable bonds is 7. The number of sulfonamides is 1. The molecule has 0 aromatic heterocycles. The highest BCUT2D eigenvalue weighted by atomic mass is 32.2. The number of alkyl halides is 3. The van der Waals surface area contributed by atoms with Gasteiger partial charge >= 0.3 is 6.18 Å². The van der Waals surface area contributed by atoms with Gasteiger partial charge in [-0.3, -0.25) is 4.79 Å². The van der Waals surface area contributed by atoms with E-state index in [2.05, 4.69) is 5.32 Å². The summed E-state index contributed by atoms with van der Waals surface area (Å²) < 4.78 is 58.9. The first-order valence-electron chi connectivity index (χ1n) is 4.61. The van der Waals surface area contributed by atoms with Crippen molar-refractivity contribution in [3.63, 3.8) is 0 Å². The lowest BCUT2D eigenvalue weighted by molar-refractivity contribution is -0.128. The molecule has 0 bridgehead atoms. The van der Waals surface area contributed by atoms with E-state index < -0.39 is 35.2 Å². The van der Waals surface area contributed by atoms with Crippen molar-refractivity contribution in [2.45, 2.75) is 6.18 Å². The molecule has 0 saturated carbocycles. The van der Waals surface area contributed by atoms with Gasteiger partial charge < -0.3 is 10.6 Å². The molecule has 0 rings (SSSR count). The minimum absolute atomic E-state index is 0.157. The lowest BCUT2D eigenvalue weighted by Crippen LogP contribution is -2.40. The molecule has 102 valence electrons. The molecule has 0 aromatic carbocycles. The lowest BCUT2D eigenvalue weighted by Gasteiger charge is -2.08. The molecule has 0 unspecified atom stereocenters. The van der Waals surface area contributed by atoms with Crippen molar-refractivity contribution < 1.29 is 26.4 Å². The van der Waals surface area contributed by atoms with Crippen LogP contribution in [0.5, 0.6) is 0 Å². The Morgan fingerprint density at radius 1 is 1.29 bits per heavy atom. The molecule has 0 aromatic rings. The van der Waals surface area contributed by atoms with E-state index >= 15 is 0 Å². The van der Waals surface area contributed by atoms with E-state index in [1.54, 1.807) is 0 Å². The Balaban J connectivity index is 3.68. The van der Waals surface area contributed by atoms with E-state index in [-0.39, 0.29) is 12.3 Å². The van der Waals surface area contributed by atoms with Crippen LogP contribution in [0.15, 0.2) is 0 Å². The summed E-state index contributed by atoms with van der Waals surface area (Å²) in [6.07, 6.45) is -4.38. The monoisotopic (exact) mass is 277 g/mol. The third-order valence-corrected chi connectivity index (χ3v) is 2.98. The SMILES string of the molecule is CNS(=O)(=O)CCNC(=O)CNCC(F)(F)F. The smallest absolute Gasteiger partial charge is 0.354 e. The summed E-state index contributed by atoms with van der Waals surface area (Å²) in [7, 11) is -2.20. The molecule has 1 amide bonds. The maximum Gasteiger partial charge on any atom is 0.401 e. The van der Waals surface area contributed by atoms with Crippen molar-refractivity contribution in [1.29, 1.82) is 0 Å². The number of carbonyl (C=O) groups excluding carboxylic acids is 1. The Morgan fingerprint density at radius 3 is 2.35 bits per heavy atom.